The van der Waals surface area contributed by atoms with E-state index in [-0.39, 0.29) is 25.5 Å². The molecule has 0 aliphatic heterocycles. The van der Waals surface area contributed by atoms with Gasteiger partial charge in [0.1, 0.15) is 12.7 Å². The predicted octanol–water partition coefficient (Wildman–Crippen LogP) is 3.72. The van der Waals surface area contributed by atoms with Gasteiger partial charge in [-0.05, 0) is 41.7 Å². The van der Waals surface area contributed by atoms with Gasteiger partial charge >= 0.3 is 6.09 Å². The number of alkyl carbamates (subject to hydrolysis) is 1. The van der Waals surface area contributed by atoms with Crippen molar-refractivity contribution in [2.45, 2.75) is 31.5 Å². The number of rotatable bonds is 8. The molecule has 1 aliphatic rings. The van der Waals surface area contributed by atoms with E-state index in [1.165, 1.54) is 18.2 Å². The number of ether oxygens (including phenoxy) is 2. The smallest absolute Gasteiger partial charge is 0.407 e. The van der Waals surface area contributed by atoms with Crippen molar-refractivity contribution in [3.8, 4) is 17.0 Å². The van der Waals surface area contributed by atoms with Crippen molar-refractivity contribution in [3.05, 3.63) is 83.0 Å². The highest BCUT2D eigenvalue weighted by molar-refractivity contribution is 5.79. The normalized spacial score (nSPS) is 14.2. The Morgan fingerprint density at radius 1 is 1.03 bits per heavy atom. The third kappa shape index (κ3) is 4.84. The number of hydrogen-bond acceptors (Lipinski definition) is 6. The largest absolute Gasteiger partial charge is 0.481 e. The minimum Gasteiger partial charge on any atom is -0.481 e. The lowest BCUT2D eigenvalue weighted by Gasteiger charge is -2.20. The summed E-state index contributed by atoms with van der Waals surface area (Å²) >= 11 is 0. The van der Waals surface area contributed by atoms with Crippen molar-refractivity contribution in [2.75, 3.05) is 20.3 Å². The summed E-state index contributed by atoms with van der Waals surface area (Å²) in [4.78, 5) is 16.5. The van der Waals surface area contributed by atoms with Gasteiger partial charge in [-0.3, -0.25) is 0 Å². The van der Waals surface area contributed by atoms with E-state index in [0.29, 0.717) is 17.1 Å². The number of fused-ring (bicyclic) bond motifs is 3. The summed E-state index contributed by atoms with van der Waals surface area (Å²) < 4.78 is 10.6. The van der Waals surface area contributed by atoms with Gasteiger partial charge in [0, 0.05) is 29.8 Å². The van der Waals surface area contributed by atoms with Crippen LogP contribution in [0.2, 0.25) is 0 Å². The van der Waals surface area contributed by atoms with Crippen LogP contribution in [0.15, 0.2) is 60.7 Å². The molecule has 33 heavy (non-hydrogen) atoms. The van der Waals surface area contributed by atoms with E-state index in [1.807, 2.05) is 24.3 Å². The summed E-state index contributed by atoms with van der Waals surface area (Å²) in [5.74, 6) is 0.427. The third-order valence-corrected chi connectivity index (χ3v) is 6.05. The molecule has 3 N–H and O–H groups in total. The first-order valence-electron chi connectivity index (χ1n) is 11.0. The summed E-state index contributed by atoms with van der Waals surface area (Å²) in [6.07, 6.45) is -2.57. The molecule has 1 amide bonds. The van der Waals surface area contributed by atoms with Crippen molar-refractivity contribution in [1.29, 1.82) is 0 Å². The number of carbonyl (C=O) groups excluding carboxylic acids is 1. The highest BCUT2D eigenvalue weighted by atomic mass is 16.5. The van der Waals surface area contributed by atoms with Crippen molar-refractivity contribution < 1.29 is 24.5 Å². The summed E-state index contributed by atoms with van der Waals surface area (Å²) in [6, 6.07) is 19.6. The number of aromatic nitrogens is 1. The van der Waals surface area contributed by atoms with E-state index in [0.717, 1.165) is 11.1 Å². The highest BCUT2D eigenvalue weighted by Gasteiger charge is 2.29. The number of aliphatic hydroxyl groups excluding tert-OH is 2. The Kier molecular flexibility index (Phi) is 6.91. The summed E-state index contributed by atoms with van der Waals surface area (Å²) in [5, 5.41) is 23.5. The average molecular weight is 449 g/mol. The zero-order chi connectivity index (χ0) is 23.4. The van der Waals surface area contributed by atoms with Gasteiger partial charge in [-0.15, -0.1) is 0 Å². The first kappa shape index (κ1) is 22.8. The monoisotopic (exact) mass is 448 g/mol. The van der Waals surface area contributed by atoms with E-state index in [1.54, 1.807) is 19.1 Å². The molecule has 2 aromatic carbocycles. The van der Waals surface area contributed by atoms with E-state index in [9.17, 15) is 15.0 Å². The molecule has 2 atom stereocenters. The van der Waals surface area contributed by atoms with Crippen LogP contribution in [0.5, 0.6) is 5.88 Å². The number of benzene rings is 2. The fourth-order valence-electron chi connectivity index (χ4n) is 4.31. The standard InChI is InChI=1S/C26H28N2O5/c1-16-17(11-12-24(28-16)32-2)25(30)23(29)13-14-27-26(31)33-15-22-20-9-5-3-7-18(20)19-8-4-6-10-21(19)22/h3-12,22-23,25,29-30H,13-15H2,1-2H3,(H,27,31). The number of amides is 1. The molecule has 7 nitrogen and oxygen atoms in total. The number of aryl methyl sites for hydroxylation is 1. The maximum atomic E-state index is 12.3. The Morgan fingerprint density at radius 2 is 1.67 bits per heavy atom. The van der Waals surface area contributed by atoms with Gasteiger partial charge in [0.15, 0.2) is 0 Å². The lowest BCUT2D eigenvalue weighted by atomic mass is 9.98. The maximum absolute atomic E-state index is 12.3. The molecule has 4 rings (SSSR count). The van der Waals surface area contributed by atoms with Crippen molar-refractivity contribution >= 4 is 6.09 Å². The van der Waals surface area contributed by atoms with Crippen molar-refractivity contribution in [1.82, 2.24) is 10.3 Å². The Hall–Kier alpha value is -3.42. The van der Waals surface area contributed by atoms with Crippen LogP contribution in [0.25, 0.3) is 11.1 Å². The van der Waals surface area contributed by atoms with Gasteiger partial charge in [-0.1, -0.05) is 48.5 Å². The van der Waals surface area contributed by atoms with Gasteiger partial charge < -0.3 is 25.0 Å². The lowest BCUT2D eigenvalue weighted by Crippen LogP contribution is -2.31. The first-order chi connectivity index (χ1) is 16.0. The van der Waals surface area contributed by atoms with E-state index < -0.39 is 18.3 Å². The molecular formula is C26H28N2O5. The lowest BCUT2D eigenvalue weighted by molar-refractivity contribution is 0.0130. The molecule has 2 unspecified atom stereocenters. The molecule has 3 aromatic rings. The first-order valence-corrected chi connectivity index (χ1v) is 11.0. The predicted molar refractivity (Wildman–Crippen MR) is 124 cm³/mol. The fraction of sp³-hybridized carbons (Fsp3) is 0.308. The second-order valence-electron chi connectivity index (χ2n) is 8.08. The molecule has 7 heteroatoms. The molecule has 172 valence electrons. The number of nitrogens with one attached hydrogen (secondary N) is 1. The minimum atomic E-state index is -1.12. The maximum Gasteiger partial charge on any atom is 0.407 e. The van der Waals surface area contributed by atoms with Gasteiger partial charge in [-0.2, -0.15) is 0 Å². The van der Waals surface area contributed by atoms with Gasteiger partial charge in [0.25, 0.3) is 0 Å². The van der Waals surface area contributed by atoms with E-state index >= 15 is 0 Å². The number of methoxy groups -OCH3 is 1. The van der Waals surface area contributed by atoms with Crippen molar-refractivity contribution in [2.24, 2.45) is 0 Å². The number of pyridine rings is 1. The second-order valence-corrected chi connectivity index (χ2v) is 8.08. The van der Waals surface area contributed by atoms with E-state index in [2.05, 4.69) is 34.6 Å². The van der Waals surface area contributed by atoms with E-state index in [4.69, 9.17) is 9.47 Å². The van der Waals surface area contributed by atoms with Crippen LogP contribution in [0, 0.1) is 6.92 Å². The van der Waals surface area contributed by atoms with Crippen LogP contribution >= 0.6 is 0 Å². The molecule has 0 saturated carbocycles. The second kappa shape index (κ2) is 10.0. The molecular weight excluding hydrogens is 420 g/mol. The quantitative estimate of drug-likeness (QED) is 0.486. The topological polar surface area (TPSA) is 101 Å². The Balaban J connectivity index is 1.28. The molecule has 1 aliphatic carbocycles. The average Bonchev–Trinajstić information content (AvgIpc) is 3.16. The minimum absolute atomic E-state index is 0.0129. The SMILES string of the molecule is COc1ccc(C(O)C(O)CCNC(=O)OCC2c3ccccc3-c3ccccc32)c(C)n1. The number of aliphatic hydroxyl groups is 2. The molecule has 1 aromatic heterocycles. The van der Waals surface area contributed by atoms with Crippen LogP contribution < -0.4 is 10.1 Å². The summed E-state index contributed by atoms with van der Waals surface area (Å²) in [7, 11) is 1.52. The molecule has 0 bridgehead atoms. The molecule has 0 radical (unpaired) electrons. The molecule has 0 fully saturated rings. The molecule has 0 saturated heterocycles. The fourth-order valence-corrected chi connectivity index (χ4v) is 4.31. The van der Waals surface area contributed by atoms with Crippen LogP contribution in [0.3, 0.4) is 0 Å². The Labute approximate surface area is 193 Å². The third-order valence-electron chi connectivity index (χ3n) is 6.05. The molecule has 0 spiro atoms. The van der Waals surface area contributed by atoms with Gasteiger partial charge in [-0.25, -0.2) is 9.78 Å². The Morgan fingerprint density at radius 3 is 2.27 bits per heavy atom. The van der Waals surface area contributed by atoms with Crippen LogP contribution in [-0.4, -0.2) is 47.7 Å². The summed E-state index contributed by atoms with van der Waals surface area (Å²) in [5.41, 5.74) is 5.72. The number of nitrogens with zero attached hydrogens (tertiary/aromatic N) is 1. The van der Waals surface area contributed by atoms with Gasteiger partial charge in [0.05, 0.1) is 13.2 Å². The van der Waals surface area contributed by atoms with Crippen LogP contribution in [0.4, 0.5) is 4.79 Å². The van der Waals surface area contributed by atoms with Crippen LogP contribution in [-0.2, 0) is 4.74 Å². The highest BCUT2D eigenvalue weighted by Crippen LogP contribution is 2.44. The van der Waals surface area contributed by atoms with Crippen LogP contribution in [0.1, 0.15) is 40.8 Å². The zero-order valence-corrected chi connectivity index (χ0v) is 18.7. The summed E-state index contributed by atoms with van der Waals surface area (Å²) in [6.45, 7) is 2.13. The molecule has 1 heterocycles. The van der Waals surface area contributed by atoms with Gasteiger partial charge in [0.2, 0.25) is 5.88 Å². The number of carbonyl (C=O) groups is 1. The zero-order valence-electron chi connectivity index (χ0n) is 18.7. The number of hydrogen-bond donors (Lipinski definition) is 3. The van der Waals surface area contributed by atoms with Crippen molar-refractivity contribution in [3.63, 3.8) is 0 Å². The Bertz CT molecular complexity index is 1090.